The van der Waals surface area contributed by atoms with Crippen molar-refractivity contribution in [2.45, 2.75) is 13.0 Å². The molecule has 0 bridgehead atoms. The van der Waals surface area contributed by atoms with Crippen molar-refractivity contribution in [3.05, 3.63) is 47.0 Å². The first kappa shape index (κ1) is 14.0. The van der Waals surface area contributed by atoms with Crippen LogP contribution in [-0.4, -0.2) is 21.8 Å². The monoisotopic (exact) mass is 291 g/mol. The van der Waals surface area contributed by atoms with E-state index in [9.17, 15) is 4.79 Å². The zero-order valence-corrected chi connectivity index (χ0v) is 11.5. The van der Waals surface area contributed by atoms with Crippen LogP contribution in [0.25, 0.3) is 0 Å². The molecule has 1 atom stereocenters. The van der Waals surface area contributed by atoms with Crippen molar-refractivity contribution in [1.29, 1.82) is 0 Å². The largest absolute Gasteiger partial charge is 0.476 e. The number of rotatable bonds is 5. The molecule has 0 aliphatic rings. The molecule has 0 saturated carbocycles. The number of oxime groups is 1. The molecule has 0 saturated heterocycles. The van der Waals surface area contributed by atoms with Crippen LogP contribution in [0.2, 0.25) is 0 Å². The lowest BCUT2D eigenvalue weighted by atomic mass is 10.1. The van der Waals surface area contributed by atoms with Gasteiger partial charge in [0.15, 0.2) is 5.13 Å². The Morgan fingerprint density at radius 3 is 2.70 bits per heavy atom. The summed E-state index contributed by atoms with van der Waals surface area (Å²) in [5.41, 5.74) is 6.32. The first-order chi connectivity index (χ1) is 9.58. The molecule has 20 heavy (non-hydrogen) atoms. The van der Waals surface area contributed by atoms with E-state index in [1.807, 2.05) is 30.3 Å². The Morgan fingerprint density at radius 1 is 1.45 bits per heavy atom. The molecule has 2 aromatic rings. The Hall–Kier alpha value is -2.41. The van der Waals surface area contributed by atoms with Gasteiger partial charge in [0.25, 0.3) is 0 Å². The van der Waals surface area contributed by atoms with Gasteiger partial charge in [-0.2, -0.15) is 0 Å². The van der Waals surface area contributed by atoms with Crippen LogP contribution in [0.3, 0.4) is 0 Å². The second-order valence-electron chi connectivity index (χ2n) is 3.97. The van der Waals surface area contributed by atoms with Crippen LogP contribution >= 0.6 is 11.3 Å². The summed E-state index contributed by atoms with van der Waals surface area (Å²) in [6.45, 7) is 1.79. The molecule has 0 radical (unpaired) electrons. The van der Waals surface area contributed by atoms with Gasteiger partial charge < -0.3 is 15.7 Å². The van der Waals surface area contributed by atoms with E-state index >= 15 is 0 Å². The van der Waals surface area contributed by atoms with Crippen LogP contribution in [0.15, 0.2) is 40.9 Å². The van der Waals surface area contributed by atoms with Crippen molar-refractivity contribution >= 4 is 28.1 Å². The van der Waals surface area contributed by atoms with Gasteiger partial charge in [-0.05, 0) is 12.5 Å². The molecule has 6 nitrogen and oxygen atoms in total. The average molecular weight is 291 g/mol. The summed E-state index contributed by atoms with van der Waals surface area (Å²) in [4.78, 5) is 20.3. The van der Waals surface area contributed by atoms with E-state index in [0.717, 1.165) is 16.9 Å². The Kier molecular flexibility index (Phi) is 4.31. The van der Waals surface area contributed by atoms with Gasteiger partial charge in [-0.3, -0.25) is 0 Å². The van der Waals surface area contributed by atoms with Crippen molar-refractivity contribution in [1.82, 2.24) is 4.98 Å². The van der Waals surface area contributed by atoms with Gasteiger partial charge in [0.1, 0.15) is 11.8 Å². The van der Waals surface area contributed by atoms with E-state index < -0.39 is 5.97 Å². The van der Waals surface area contributed by atoms with E-state index in [2.05, 4.69) is 10.1 Å². The fourth-order valence-electron chi connectivity index (χ4n) is 1.51. The second kappa shape index (κ2) is 6.16. The summed E-state index contributed by atoms with van der Waals surface area (Å²) in [5.74, 6) is -1.21. The zero-order chi connectivity index (χ0) is 14.5. The smallest absolute Gasteiger partial charge is 0.360 e. The van der Waals surface area contributed by atoms with Crippen molar-refractivity contribution in [3.8, 4) is 0 Å². The first-order valence-corrected chi connectivity index (χ1v) is 6.69. The maximum absolute atomic E-state index is 11.2. The predicted molar refractivity (Wildman–Crippen MR) is 76.6 cm³/mol. The Bertz CT molecular complexity index is 625. The van der Waals surface area contributed by atoms with Crippen molar-refractivity contribution in [3.63, 3.8) is 0 Å². The number of nitrogens with zero attached hydrogens (tertiary/aromatic N) is 2. The van der Waals surface area contributed by atoms with Crippen LogP contribution in [0.1, 0.15) is 24.3 Å². The minimum atomic E-state index is -1.21. The number of carboxylic acids is 1. The number of hydrogen-bond acceptors (Lipinski definition) is 6. The van der Waals surface area contributed by atoms with Gasteiger partial charge in [-0.15, -0.1) is 11.3 Å². The summed E-state index contributed by atoms with van der Waals surface area (Å²) in [5, 5.41) is 14.6. The summed E-state index contributed by atoms with van der Waals surface area (Å²) < 4.78 is 0. The highest BCUT2D eigenvalue weighted by molar-refractivity contribution is 7.13. The van der Waals surface area contributed by atoms with Gasteiger partial charge in [-0.25, -0.2) is 9.78 Å². The van der Waals surface area contributed by atoms with Gasteiger partial charge in [0, 0.05) is 5.38 Å². The number of aliphatic carboxylic acids is 1. The number of carboxylic acid groups (broad SMARTS) is 1. The van der Waals surface area contributed by atoms with Crippen molar-refractivity contribution in [2.75, 3.05) is 5.73 Å². The highest BCUT2D eigenvalue weighted by Crippen LogP contribution is 2.18. The van der Waals surface area contributed by atoms with E-state index in [-0.39, 0.29) is 22.6 Å². The predicted octanol–water partition coefficient (Wildman–Crippen LogP) is 2.29. The third-order valence-electron chi connectivity index (χ3n) is 2.54. The van der Waals surface area contributed by atoms with Crippen LogP contribution in [0.4, 0.5) is 5.13 Å². The minimum absolute atomic E-state index is 0.195. The highest BCUT2D eigenvalue weighted by Gasteiger charge is 2.18. The highest BCUT2D eigenvalue weighted by atomic mass is 32.1. The summed E-state index contributed by atoms with van der Waals surface area (Å²) in [7, 11) is 0. The molecule has 0 spiro atoms. The van der Waals surface area contributed by atoms with E-state index in [1.54, 1.807) is 6.92 Å². The molecule has 0 aliphatic carbocycles. The summed E-state index contributed by atoms with van der Waals surface area (Å²) in [6.07, 6.45) is -0.360. The number of carbonyl (C=O) groups is 1. The minimum Gasteiger partial charge on any atom is -0.476 e. The maximum atomic E-state index is 11.2. The fourth-order valence-corrected chi connectivity index (χ4v) is 2.06. The van der Waals surface area contributed by atoms with Crippen molar-refractivity contribution < 1.29 is 14.7 Å². The molecule has 1 aromatic heterocycles. The third-order valence-corrected chi connectivity index (χ3v) is 3.21. The molecular formula is C13H13N3O3S. The number of nitrogen functional groups attached to an aromatic ring is 1. The van der Waals surface area contributed by atoms with Crippen LogP contribution in [-0.2, 0) is 9.63 Å². The number of aromatic nitrogens is 1. The summed E-state index contributed by atoms with van der Waals surface area (Å²) in [6, 6.07) is 9.39. The molecule has 0 fully saturated rings. The lowest BCUT2D eigenvalue weighted by Gasteiger charge is -2.10. The molecule has 1 heterocycles. The molecule has 0 aliphatic heterocycles. The lowest BCUT2D eigenvalue weighted by molar-refractivity contribution is -0.129. The van der Waals surface area contributed by atoms with Crippen LogP contribution < -0.4 is 5.73 Å². The molecule has 104 valence electrons. The molecule has 1 aromatic carbocycles. The Morgan fingerprint density at radius 2 is 2.15 bits per heavy atom. The number of benzene rings is 1. The molecule has 0 amide bonds. The lowest BCUT2D eigenvalue weighted by Crippen LogP contribution is -2.16. The van der Waals surface area contributed by atoms with E-state index in [4.69, 9.17) is 15.7 Å². The second-order valence-corrected chi connectivity index (χ2v) is 4.86. The average Bonchev–Trinajstić information content (AvgIpc) is 2.86. The zero-order valence-electron chi connectivity index (χ0n) is 10.7. The number of anilines is 1. The first-order valence-electron chi connectivity index (χ1n) is 5.81. The van der Waals surface area contributed by atoms with Crippen molar-refractivity contribution in [2.24, 2.45) is 5.16 Å². The quantitative estimate of drug-likeness (QED) is 0.650. The molecule has 7 heteroatoms. The third kappa shape index (κ3) is 3.33. The van der Waals surface area contributed by atoms with E-state index in [1.165, 1.54) is 5.38 Å². The van der Waals surface area contributed by atoms with Gasteiger partial charge in [0.2, 0.25) is 5.71 Å². The van der Waals surface area contributed by atoms with Gasteiger partial charge >= 0.3 is 5.97 Å². The Labute approximate surface area is 119 Å². The Balaban J connectivity index is 2.17. The topological polar surface area (TPSA) is 97.8 Å². The maximum Gasteiger partial charge on any atom is 0.360 e. The van der Waals surface area contributed by atoms with Crippen LogP contribution in [0.5, 0.6) is 0 Å². The molecule has 0 unspecified atom stereocenters. The van der Waals surface area contributed by atoms with E-state index in [0.29, 0.717) is 0 Å². The molecule has 3 N–H and O–H groups in total. The number of hydrogen-bond donors (Lipinski definition) is 2. The number of nitrogens with two attached hydrogens (primary N) is 1. The molecular weight excluding hydrogens is 278 g/mol. The van der Waals surface area contributed by atoms with Crippen LogP contribution in [0, 0.1) is 0 Å². The summed E-state index contributed by atoms with van der Waals surface area (Å²) >= 11 is 1.15. The van der Waals surface area contributed by atoms with Gasteiger partial charge in [-0.1, -0.05) is 35.5 Å². The fraction of sp³-hybridized carbons (Fsp3) is 0.154. The normalized spacial score (nSPS) is 12.9. The standard InChI is InChI=1S/C13H13N3O3S/c1-8(9-5-3-2-4-6-9)19-16-11(12(17)18)10-7-20-13(14)15-10/h2-8H,1H3,(H2,14,15)(H,17,18)/t8-/m1/s1. The van der Waals surface area contributed by atoms with Gasteiger partial charge in [0.05, 0.1) is 0 Å². The SMILES string of the molecule is C[C@@H](ON=C(C(=O)O)c1csc(N)n1)c1ccccc1. The number of thiazole rings is 1. The molecule has 2 rings (SSSR count).